The Hall–Kier alpha value is -3.74. The van der Waals surface area contributed by atoms with Gasteiger partial charge in [0.15, 0.2) is 14.0 Å². The molecule has 3 aromatic heterocycles. The first-order valence-corrected chi connectivity index (χ1v) is 23.2. The van der Waals surface area contributed by atoms with Crippen molar-refractivity contribution in [2.45, 2.75) is 155 Å². The summed E-state index contributed by atoms with van der Waals surface area (Å²) in [6.07, 6.45) is 13.3. The number of carbonyl (C=O) groups is 1. The van der Waals surface area contributed by atoms with Crippen molar-refractivity contribution >= 4 is 41.8 Å². The van der Waals surface area contributed by atoms with Gasteiger partial charge in [-0.1, -0.05) is 72.3 Å². The number of aromatic nitrogens is 4. The maximum absolute atomic E-state index is 13.0. The normalized spacial score (nSPS) is 14.9. The first-order valence-electron chi connectivity index (χ1n) is 20.3. The second-order valence-electron chi connectivity index (χ2n) is 16.4. The van der Waals surface area contributed by atoms with Gasteiger partial charge in [-0.2, -0.15) is 5.10 Å². The molecule has 1 atom stereocenters. The van der Waals surface area contributed by atoms with Crippen LogP contribution in [0.4, 0.5) is 5.69 Å². The summed E-state index contributed by atoms with van der Waals surface area (Å²) in [7, 11) is -2.10. The summed E-state index contributed by atoms with van der Waals surface area (Å²) in [6.45, 7) is 18.2. The van der Waals surface area contributed by atoms with Crippen molar-refractivity contribution < 1.29 is 19.1 Å². The van der Waals surface area contributed by atoms with Crippen LogP contribution >= 0.6 is 0 Å². The van der Waals surface area contributed by atoms with Crippen molar-refractivity contribution in [3.05, 3.63) is 57.6 Å². The highest BCUT2D eigenvalue weighted by Crippen LogP contribution is 2.43. The second-order valence-corrected chi connectivity index (χ2v) is 21.2. The quantitative estimate of drug-likeness (QED) is 0.0548. The maximum atomic E-state index is 13.0. The van der Waals surface area contributed by atoms with Gasteiger partial charge in [-0.3, -0.25) is 9.59 Å². The number of rotatable bonds is 19. The molecule has 0 spiro atoms. The average Bonchev–Trinajstić information content (AvgIpc) is 3.56. The number of nitrogens with zero attached hydrogens (tertiary/aromatic N) is 3. The molecule has 0 aliphatic carbocycles. The van der Waals surface area contributed by atoms with Crippen LogP contribution in [0.1, 0.15) is 128 Å². The fourth-order valence-corrected chi connectivity index (χ4v) is 8.53. The van der Waals surface area contributed by atoms with Gasteiger partial charge < -0.3 is 29.9 Å². The van der Waals surface area contributed by atoms with Crippen LogP contribution < -0.4 is 16.2 Å². The molecule has 11 nitrogen and oxygen atoms in total. The van der Waals surface area contributed by atoms with Gasteiger partial charge in [-0.25, -0.2) is 9.67 Å². The topological polar surface area (TPSA) is 143 Å². The number of benzene rings is 1. The summed E-state index contributed by atoms with van der Waals surface area (Å²) in [4.78, 5) is 32.9. The molecule has 4 heterocycles. The number of H-pyrrole nitrogens is 1. The number of unbranched alkanes of at least 4 members (excludes halogenated alkanes) is 6. The molecule has 1 aliphatic rings. The van der Waals surface area contributed by atoms with E-state index in [1.807, 2.05) is 16.9 Å². The van der Waals surface area contributed by atoms with Crippen molar-refractivity contribution in [1.82, 2.24) is 25.1 Å². The van der Waals surface area contributed by atoms with Gasteiger partial charge in [-0.15, -0.1) is 0 Å². The Balaban J connectivity index is 1.09. The van der Waals surface area contributed by atoms with Gasteiger partial charge in [0, 0.05) is 61.5 Å². The highest BCUT2D eigenvalue weighted by molar-refractivity contribution is 6.74. The highest BCUT2D eigenvalue weighted by atomic mass is 28.4. The third-order valence-corrected chi connectivity index (χ3v) is 16.0. The molecule has 5 rings (SSSR count). The monoisotopic (exact) mass is 760 g/mol. The minimum atomic E-state index is -2.10. The molecule has 0 unspecified atom stereocenters. The predicted octanol–water partition coefficient (Wildman–Crippen LogP) is 9.04. The minimum absolute atomic E-state index is 0.0530. The Morgan fingerprint density at radius 2 is 1.74 bits per heavy atom. The van der Waals surface area contributed by atoms with Crippen LogP contribution in [-0.2, 0) is 33.5 Å². The number of phenols is 1. The Morgan fingerprint density at radius 3 is 2.43 bits per heavy atom. The Bertz CT molecular complexity index is 1910. The largest absolute Gasteiger partial charge is 0.506 e. The van der Waals surface area contributed by atoms with Gasteiger partial charge in [0.1, 0.15) is 5.75 Å². The maximum Gasteiger partial charge on any atom is 0.248 e. The molecule has 4 aromatic rings. The number of ether oxygens (including phenoxy) is 1. The third kappa shape index (κ3) is 10.3. The molecule has 4 N–H and O–H groups in total. The van der Waals surface area contributed by atoms with Gasteiger partial charge in [0.2, 0.25) is 11.5 Å². The molecule has 0 bridgehead atoms. The van der Waals surface area contributed by atoms with E-state index in [1.54, 1.807) is 12.1 Å². The van der Waals surface area contributed by atoms with E-state index < -0.39 is 8.32 Å². The number of fused-ring (bicyclic) bond motifs is 2. The lowest BCUT2D eigenvalue weighted by molar-refractivity contribution is -0.121. The smallest absolute Gasteiger partial charge is 0.248 e. The number of phenolic OH excluding ortho intramolecular Hbond substituents is 1. The predicted molar refractivity (Wildman–Crippen MR) is 221 cm³/mol. The van der Waals surface area contributed by atoms with Gasteiger partial charge >= 0.3 is 0 Å². The Kier molecular flexibility index (Phi) is 14.4. The van der Waals surface area contributed by atoms with E-state index in [9.17, 15) is 14.7 Å². The van der Waals surface area contributed by atoms with Gasteiger partial charge in [0.05, 0.1) is 28.9 Å². The molecular formula is C42H64N6O5Si. The lowest BCUT2D eigenvalue weighted by Gasteiger charge is -2.39. The van der Waals surface area contributed by atoms with E-state index in [-0.39, 0.29) is 28.4 Å². The lowest BCUT2D eigenvalue weighted by Crippen LogP contribution is -2.41. The fraction of sp³-hybridized carbons (Fsp3) is 0.619. The summed E-state index contributed by atoms with van der Waals surface area (Å²) in [5.74, 6) is 0.153. The summed E-state index contributed by atoms with van der Waals surface area (Å²) < 4.78 is 14.5. The first kappa shape index (κ1) is 41.4. The number of carbonyl (C=O) groups excluding carboxylic acids is 1. The first-order chi connectivity index (χ1) is 25.8. The molecule has 54 heavy (non-hydrogen) atoms. The Labute approximate surface area is 322 Å². The number of pyridine rings is 2. The molecule has 1 amide bonds. The SMILES string of the molecule is CCc1nc2c(cnn2CC)c(NC2CCOCC2)c1CNC(=O)CCCCCCCCC[C@H](O[Si](C)(C)C(C)(C)C)c1ccc(O)c2[nH]c(=O)ccc12. The molecule has 1 fully saturated rings. The zero-order valence-corrected chi connectivity index (χ0v) is 34.8. The van der Waals surface area contributed by atoms with Gasteiger partial charge in [0.25, 0.3) is 0 Å². The second kappa shape index (κ2) is 18.7. The number of hydrogen-bond donors (Lipinski definition) is 4. The van der Waals surface area contributed by atoms with Crippen molar-refractivity contribution in [3.63, 3.8) is 0 Å². The van der Waals surface area contributed by atoms with Crippen LogP contribution in [0, 0.1) is 0 Å². The number of aromatic amines is 1. The van der Waals surface area contributed by atoms with Crippen LogP contribution in [0.5, 0.6) is 5.75 Å². The van der Waals surface area contributed by atoms with Crippen LogP contribution in [0.25, 0.3) is 21.9 Å². The molecular weight excluding hydrogens is 697 g/mol. The minimum Gasteiger partial charge on any atom is -0.506 e. The molecule has 12 heteroatoms. The van der Waals surface area contributed by atoms with E-state index in [1.165, 1.54) is 6.07 Å². The molecule has 1 aliphatic heterocycles. The molecule has 1 aromatic carbocycles. The number of nitrogens with one attached hydrogen (secondary N) is 3. The third-order valence-electron chi connectivity index (χ3n) is 11.5. The van der Waals surface area contributed by atoms with Crippen molar-refractivity contribution in [1.29, 1.82) is 0 Å². The number of aromatic hydroxyl groups is 1. The lowest BCUT2D eigenvalue weighted by atomic mass is 9.98. The summed E-state index contributed by atoms with van der Waals surface area (Å²) in [6, 6.07) is 7.26. The van der Waals surface area contributed by atoms with E-state index in [2.05, 4.69) is 68.4 Å². The van der Waals surface area contributed by atoms with E-state index in [0.29, 0.717) is 24.5 Å². The van der Waals surface area contributed by atoms with Crippen molar-refractivity contribution in [3.8, 4) is 5.75 Å². The van der Waals surface area contributed by atoms with Crippen LogP contribution in [0.2, 0.25) is 18.1 Å². The summed E-state index contributed by atoms with van der Waals surface area (Å²) in [5.41, 5.74) is 5.25. The van der Waals surface area contributed by atoms with Crippen LogP contribution in [-0.4, -0.2) is 58.3 Å². The van der Waals surface area contributed by atoms with E-state index >= 15 is 0 Å². The van der Waals surface area contributed by atoms with Crippen molar-refractivity contribution in [2.24, 2.45) is 0 Å². The zero-order chi connectivity index (χ0) is 38.9. The van der Waals surface area contributed by atoms with E-state index in [0.717, 1.165) is 129 Å². The number of aryl methyl sites for hydroxylation is 2. The molecule has 0 radical (unpaired) electrons. The van der Waals surface area contributed by atoms with Gasteiger partial charge in [-0.05, 0) is 74.9 Å². The standard InChI is InChI=1S/C42H64N6O5Si/c1-8-34-32(39(45-29-23-25-52-26-24-29)33-28-44-48(9-2)41(33)46-34)27-43-37(50)18-16-14-12-10-11-13-15-17-36(53-54(6,7)42(3,4)5)30-19-21-35(49)40-31(30)20-22-38(51)47-40/h19-22,28-29,36,49H,8-18,23-27H2,1-7H3,(H,43,50)(H,45,46)(H,47,51)/t36-/m0/s1. The number of amides is 1. The Morgan fingerprint density at radius 1 is 1.04 bits per heavy atom. The zero-order valence-electron chi connectivity index (χ0n) is 33.8. The summed E-state index contributed by atoms with van der Waals surface area (Å²) in [5, 5.41) is 24.0. The number of hydrogen-bond acceptors (Lipinski definition) is 8. The molecule has 1 saturated heterocycles. The van der Waals surface area contributed by atoms with Crippen LogP contribution in [0.3, 0.4) is 0 Å². The molecule has 296 valence electrons. The van der Waals surface area contributed by atoms with Crippen LogP contribution in [0.15, 0.2) is 35.3 Å². The highest BCUT2D eigenvalue weighted by Gasteiger charge is 2.39. The van der Waals surface area contributed by atoms with E-state index in [4.69, 9.17) is 14.1 Å². The number of anilines is 1. The molecule has 0 saturated carbocycles. The fourth-order valence-electron chi connectivity index (χ4n) is 7.23. The summed E-state index contributed by atoms with van der Waals surface area (Å²) >= 11 is 0. The average molecular weight is 761 g/mol. The van der Waals surface area contributed by atoms with Crippen molar-refractivity contribution in [2.75, 3.05) is 18.5 Å².